The van der Waals surface area contributed by atoms with Gasteiger partial charge in [-0.25, -0.2) is 14.4 Å². The zero-order valence-electron chi connectivity index (χ0n) is 16.5. The molecule has 1 aromatic heterocycles. The SMILES string of the molecule is Cc1cc(C)nc(SCC(=O)N2CCN(CC(=O)Nc3cccc(F)c3)CC2)n1. The summed E-state index contributed by atoms with van der Waals surface area (Å²) in [7, 11) is 0. The number of aryl methyl sites for hydroxylation is 2. The summed E-state index contributed by atoms with van der Waals surface area (Å²) in [6.45, 7) is 6.40. The third kappa shape index (κ3) is 6.50. The van der Waals surface area contributed by atoms with Gasteiger partial charge in [0, 0.05) is 43.3 Å². The van der Waals surface area contributed by atoms with Crippen LogP contribution in [0.4, 0.5) is 10.1 Å². The average molecular weight is 418 g/mol. The number of hydrogen-bond acceptors (Lipinski definition) is 6. The van der Waals surface area contributed by atoms with Crippen molar-refractivity contribution in [1.82, 2.24) is 19.8 Å². The van der Waals surface area contributed by atoms with E-state index in [0.29, 0.717) is 42.8 Å². The van der Waals surface area contributed by atoms with E-state index in [1.165, 1.54) is 23.9 Å². The van der Waals surface area contributed by atoms with Crippen molar-refractivity contribution in [2.75, 3.05) is 43.8 Å². The van der Waals surface area contributed by atoms with Gasteiger partial charge in [0.2, 0.25) is 11.8 Å². The normalized spacial score (nSPS) is 14.7. The van der Waals surface area contributed by atoms with Gasteiger partial charge in [-0.15, -0.1) is 0 Å². The number of amides is 2. The van der Waals surface area contributed by atoms with Gasteiger partial charge in [-0.3, -0.25) is 14.5 Å². The predicted molar refractivity (Wildman–Crippen MR) is 110 cm³/mol. The van der Waals surface area contributed by atoms with Crippen LogP contribution in [0.25, 0.3) is 0 Å². The predicted octanol–water partition coefficient (Wildman–Crippen LogP) is 2.11. The Kier molecular flexibility index (Phi) is 7.16. The number of piperazine rings is 1. The Morgan fingerprint density at radius 3 is 2.45 bits per heavy atom. The summed E-state index contributed by atoms with van der Waals surface area (Å²) in [6, 6.07) is 7.71. The maximum atomic E-state index is 13.2. The van der Waals surface area contributed by atoms with Crippen LogP contribution in [0.15, 0.2) is 35.5 Å². The molecule has 29 heavy (non-hydrogen) atoms. The Morgan fingerprint density at radius 1 is 1.10 bits per heavy atom. The Balaban J connectivity index is 1.41. The highest BCUT2D eigenvalue weighted by Crippen LogP contribution is 2.16. The minimum Gasteiger partial charge on any atom is -0.339 e. The number of rotatable bonds is 6. The van der Waals surface area contributed by atoms with Gasteiger partial charge in [-0.2, -0.15) is 0 Å². The number of carbonyl (C=O) groups is 2. The van der Waals surface area contributed by atoms with Crippen molar-refractivity contribution in [2.45, 2.75) is 19.0 Å². The van der Waals surface area contributed by atoms with Crippen molar-refractivity contribution < 1.29 is 14.0 Å². The average Bonchev–Trinajstić information content (AvgIpc) is 2.66. The number of hydrogen-bond donors (Lipinski definition) is 1. The molecule has 3 rings (SSSR count). The molecule has 1 fully saturated rings. The van der Waals surface area contributed by atoms with Crippen LogP contribution in [-0.2, 0) is 9.59 Å². The molecule has 1 aliphatic rings. The summed E-state index contributed by atoms with van der Waals surface area (Å²) in [5.74, 6) is -0.248. The van der Waals surface area contributed by atoms with E-state index < -0.39 is 0 Å². The summed E-state index contributed by atoms with van der Waals surface area (Å²) >= 11 is 1.34. The Morgan fingerprint density at radius 2 is 1.79 bits per heavy atom. The first-order valence-corrected chi connectivity index (χ1v) is 10.4. The summed E-state index contributed by atoms with van der Waals surface area (Å²) in [5.41, 5.74) is 2.21. The fourth-order valence-electron chi connectivity index (χ4n) is 3.10. The van der Waals surface area contributed by atoms with Crippen LogP contribution in [0.3, 0.4) is 0 Å². The van der Waals surface area contributed by atoms with E-state index in [0.717, 1.165) is 11.4 Å². The lowest BCUT2D eigenvalue weighted by Crippen LogP contribution is -2.50. The van der Waals surface area contributed by atoms with Crippen LogP contribution < -0.4 is 5.32 Å². The Hall–Kier alpha value is -2.52. The molecule has 0 saturated carbocycles. The van der Waals surface area contributed by atoms with Crippen molar-refractivity contribution in [3.63, 3.8) is 0 Å². The molecule has 1 N–H and O–H groups in total. The maximum Gasteiger partial charge on any atom is 0.238 e. The minimum atomic E-state index is -0.390. The summed E-state index contributed by atoms with van der Waals surface area (Å²) < 4.78 is 13.2. The van der Waals surface area contributed by atoms with E-state index in [4.69, 9.17) is 0 Å². The van der Waals surface area contributed by atoms with Crippen molar-refractivity contribution in [3.8, 4) is 0 Å². The highest BCUT2D eigenvalue weighted by atomic mass is 32.2. The zero-order chi connectivity index (χ0) is 20.8. The molecule has 2 aromatic rings. The lowest BCUT2D eigenvalue weighted by molar-refractivity contribution is -0.130. The molecular weight excluding hydrogens is 393 g/mol. The lowest BCUT2D eigenvalue weighted by Gasteiger charge is -2.34. The molecular formula is C20H24FN5O2S. The van der Waals surface area contributed by atoms with E-state index in [9.17, 15) is 14.0 Å². The van der Waals surface area contributed by atoms with Gasteiger partial charge in [0.05, 0.1) is 12.3 Å². The van der Waals surface area contributed by atoms with Gasteiger partial charge in [-0.1, -0.05) is 17.8 Å². The molecule has 0 aliphatic carbocycles. The molecule has 0 radical (unpaired) electrons. The van der Waals surface area contributed by atoms with E-state index in [2.05, 4.69) is 15.3 Å². The largest absolute Gasteiger partial charge is 0.339 e. The first kappa shape index (κ1) is 21.2. The highest BCUT2D eigenvalue weighted by Gasteiger charge is 2.22. The van der Waals surface area contributed by atoms with E-state index >= 15 is 0 Å². The molecule has 1 aromatic carbocycles. The molecule has 2 amide bonds. The second-order valence-electron chi connectivity index (χ2n) is 6.94. The molecule has 1 saturated heterocycles. The lowest BCUT2D eigenvalue weighted by atomic mass is 10.3. The quantitative estimate of drug-likeness (QED) is 0.573. The third-order valence-corrected chi connectivity index (χ3v) is 5.32. The molecule has 0 unspecified atom stereocenters. The van der Waals surface area contributed by atoms with Crippen LogP contribution in [0.2, 0.25) is 0 Å². The molecule has 1 aliphatic heterocycles. The maximum absolute atomic E-state index is 13.2. The van der Waals surface area contributed by atoms with Gasteiger partial charge in [0.15, 0.2) is 5.16 Å². The fraction of sp³-hybridized carbons (Fsp3) is 0.400. The first-order chi connectivity index (χ1) is 13.9. The second-order valence-corrected chi connectivity index (χ2v) is 7.88. The van der Waals surface area contributed by atoms with Crippen molar-refractivity contribution >= 4 is 29.3 Å². The van der Waals surface area contributed by atoms with Crippen LogP contribution in [-0.4, -0.2) is 70.1 Å². The smallest absolute Gasteiger partial charge is 0.238 e. The molecule has 7 nitrogen and oxygen atoms in total. The number of nitrogens with one attached hydrogen (secondary N) is 1. The van der Waals surface area contributed by atoms with E-state index in [1.807, 2.05) is 24.8 Å². The number of aromatic nitrogens is 2. The van der Waals surface area contributed by atoms with Gasteiger partial charge < -0.3 is 10.2 Å². The standard InChI is InChI=1S/C20H24FN5O2S/c1-14-10-15(2)23-20(22-14)29-13-19(28)26-8-6-25(7-9-26)12-18(27)24-17-5-3-4-16(21)11-17/h3-5,10-11H,6-9,12-13H2,1-2H3,(H,24,27). The van der Waals surface area contributed by atoms with Crippen molar-refractivity contribution in [1.29, 1.82) is 0 Å². The van der Waals surface area contributed by atoms with Gasteiger partial charge in [-0.05, 0) is 38.1 Å². The molecule has 0 bridgehead atoms. The zero-order valence-corrected chi connectivity index (χ0v) is 17.3. The van der Waals surface area contributed by atoms with Crippen LogP contribution in [0.1, 0.15) is 11.4 Å². The second kappa shape index (κ2) is 9.80. The Labute approximate surface area is 173 Å². The molecule has 0 atom stereocenters. The topological polar surface area (TPSA) is 78.4 Å². The van der Waals surface area contributed by atoms with Crippen LogP contribution in [0, 0.1) is 19.7 Å². The van der Waals surface area contributed by atoms with Crippen LogP contribution in [0.5, 0.6) is 0 Å². The minimum absolute atomic E-state index is 0.0432. The number of anilines is 1. The van der Waals surface area contributed by atoms with E-state index in [-0.39, 0.29) is 24.2 Å². The number of halogens is 1. The number of benzene rings is 1. The van der Waals surface area contributed by atoms with Crippen molar-refractivity contribution in [3.05, 3.63) is 47.5 Å². The van der Waals surface area contributed by atoms with Crippen LogP contribution >= 0.6 is 11.8 Å². The van der Waals surface area contributed by atoms with E-state index in [1.54, 1.807) is 17.0 Å². The molecule has 2 heterocycles. The first-order valence-electron chi connectivity index (χ1n) is 9.40. The highest BCUT2D eigenvalue weighted by molar-refractivity contribution is 7.99. The monoisotopic (exact) mass is 417 g/mol. The third-order valence-electron chi connectivity index (χ3n) is 4.49. The molecule has 9 heteroatoms. The summed E-state index contributed by atoms with van der Waals surface area (Å²) in [6.07, 6.45) is 0. The summed E-state index contributed by atoms with van der Waals surface area (Å²) in [5, 5.41) is 3.31. The van der Waals surface area contributed by atoms with Gasteiger partial charge in [0.1, 0.15) is 5.82 Å². The fourth-order valence-corrected chi connectivity index (χ4v) is 3.95. The van der Waals surface area contributed by atoms with Crippen molar-refractivity contribution in [2.24, 2.45) is 0 Å². The number of thioether (sulfide) groups is 1. The van der Waals surface area contributed by atoms with Gasteiger partial charge >= 0.3 is 0 Å². The molecule has 154 valence electrons. The number of carbonyl (C=O) groups excluding carboxylic acids is 2. The Bertz CT molecular complexity index is 867. The summed E-state index contributed by atoms with van der Waals surface area (Å²) in [4.78, 5) is 37.1. The number of nitrogens with zero attached hydrogens (tertiary/aromatic N) is 4. The van der Waals surface area contributed by atoms with Gasteiger partial charge in [0.25, 0.3) is 0 Å². The molecule has 0 spiro atoms.